The summed E-state index contributed by atoms with van der Waals surface area (Å²) in [6.07, 6.45) is 0. The highest BCUT2D eigenvalue weighted by Crippen LogP contribution is 2.30. The fraction of sp³-hybridized carbons (Fsp3) is 0.615. The summed E-state index contributed by atoms with van der Waals surface area (Å²) in [6, 6.07) is 2.08. The average molecular weight is 223 g/mol. The summed E-state index contributed by atoms with van der Waals surface area (Å²) in [5.74, 6) is -0.845. The molecule has 90 valence electrons. The Bertz CT molecular complexity index is 408. The van der Waals surface area contributed by atoms with E-state index in [9.17, 15) is 4.79 Å². The maximum Gasteiger partial charge on any atom is 0.337 e. The molecule has 1 N–H and O–H groups in total. The van der Waals surface area contributed by atoms with Gasteiger partial charge in [-0.05, 0) is 26.8 Å². The van der Waals surface area contributed by atoms with Crippen molar-refractivity contribution in [2.75, 3.05) is 0 Å². The molecule has 0 amide bonds. The van der Waals surface area contributed by atoms with E-state index >= 15 is 0 Å². The zero-order valence-corrected chi connectivity index (χ0v) is 11.0. The molecule has 0 fully saturated rings. The molecule has 3 nitrogen and oxygen atoms in total. The summed E-state index contributed by atoms with van der Waals surface area (Å²) in [7, 11) is 0. The molecule has 3 heteroatoms. The van der Waals surface area contributed by atoms with Crippen LogP contribution in [0.3, 0.4) is 0 Å². The summed E-state index contributed by atoms with van der Waals surface area (Å²) >= 11 is 0. The van der Waals surface area contributed by atoms with Gasteiger partial charge >= 0.3 is 5.97 Å². The summed E-state index contributed by atoms with van der Waals surface area (Å²) < 4.78 is 2.11. The molecule has 16 heavy (non-hydrogen) atoms. The largest absolute Gasteiger partial charge is 0.478 e. The Hall–Kier alpha value is -1.25. The Morgan fingerprint density at radius 1 is 1.38 bits per heavy atom. The zero-order chi connectivity index (χ0) is 12.7. The van der Waals surface area contributed by atoms with Gasteiger partial charge < -0.3 is 9.67 Å². The van der Waals surface area contributed by atoms with Gasteiger partial charge in [0.15, 0.2) is 0 Å². The first kappa shape index (κ1) is 12.8. The molecule has 0 bridgehead atoms. The second-order valence-corrected chi connectivity index (χ2v) is 5.55. The van der Waals surface area contributed by atoms with Crippen LogP contribution in [0.15, 0.2) is 6.07 Å². The molecular formula is C13H21NO2. The molecule has 0 aliphatic rings. The molecule has 0 radical (unpaired) electrons. The van der Waals surface area contributed by atoms with E-state index < -0.39 is 5.97 Å². The lowest BCUT2D eigenvalue weighted by Gasteiger charge is -2.25. The minimum atomic E-state index is -0.845. The van der Waals surface area contributed by atoms with Gasteiger partial charge in [-0.25, -0.2) is 4.79 Å². The summed E-state index contributed by atoms with van der Waals surface area (Å²) in [5, 5.41) is 9.14. The number of carbonyl (C=O) groups is 1. The number of rotatable bonds is 2. The van der Waals surface area contributed by atoms with Crippen LogP contribution in [0.4, 0.5) is 0 Å². The summed E-state index contributed by atoms with van der Waals surface area (Å²) in [4.78, 5) is 11.1. The number of carboxylic acids is 1. The van der Waals surface area contributed by atoms with Crippen molar-refractivity contribution in [2.45, 2.75) is 53.0 Å². The van der Waals surface area contributed by atoms with E-state index in [1.807, 2.05) is 6.92 Å². The minimum Gasteiger partial charge on any atom is -0.478 e. The van der Waals surface area contributed by atoms with Crippen molar-refractivity contribution in [3.05, 3.63) is 23.0 Å². The van der Waals surface area contributed by atoms with Crippen LogP contribution in [0.25, 0.3) is 0 Å². The summed E-state index contributed by atoms with van der Waals surface area (Å²) in [5.41, 5.74) is 2.30. The quantitative estimate of drug-likeness (QED) is 0.835. The SMILES string of the molecule is Cc1c(C(=O)O)cc(C(C)(C)C)n1C(C)C. The lowest BCUT2D eigenvalue weighted by atomic mass is 9.91. The Morgan fingerprint density at radius 2 is 1.88 bits per heavy atom. The molecule has 1 rings (SSSR count). The third kappa shape index (κ3) is 2.13. The first-order valence-corrected chi connectivity index (χ1v) is 5.62. The van der Waals surface area contributed by atoms with Gasteiger partial charge in [-0.3, -0.25) is 0 Å². The highest BCUT2D eigenvalue weighted by molar-refractivity contribution is 5.89. The molecule has 0 atom stereocenters. The van der Waals surface area contributed by atoms with Crippen molar-refractivity contribution >= 4 is 5.97 Å². The van der Waals surface area contributed by atoms with Crippen LogP contribution in [-0.4, -0.2) is 15.6 Å². The van der Waals surface area contributed by atoms with E-state index in [1.54, 1.807) is 6.07 Å². The van der Waals surface area contributed by atoms with Gasteiger partial charge in [0, 0.05) is 22.8 Å². The smallest absolute Gasteiger partial charge is 0.337 e. The fourth-order valence-electron chi connectivity index (χ4n) is 2.08. The molecule has 0 unspecified atom stereocenters. The van der Waals surface area contributed by atoms with E-state index in [0.717, 1.165) is 11.4 Å². The third-order valence-electron chi connectivity index (χ3n) is 2.81. The standard InChI is InChI=1S/C13H21NO2/c1-8(2)14-9(3)10(12(15)16)7-11(14)13(4,5)6/h7-8H,1-6H3,(H,15,16). The van der Waals surface area contributed by atoms with Crippen LogP contribution in [-0.2, 0) is 5.41 Å². The van der Waals surface area contributed by atoms with Crippen molar-refractivity contribution in [3.63, 3.8) is 0 Å². The van der Waals surface area contributed by atoms with Gasteiger partial charge in [0.25, 0.3) is 0 Å². The number of carboxylic acid groups (broad SMARTS) is 1. The Kier molecular flexibility index (Phi) is 3.17. The van der Waals surface area contributed by atoms with Crippen molar-refractivity contribution in [2.24, 2.45) is 0 Å². The van der Waals surface area contributed by atoms with Crippen LogP contribution < -0.4 is 0 Å². The Labute approximate surface area is 97.1 Å². The van der Waals surface area contributed by atoms with Crippen molar-refractivity contribution in [3.8, 4) is 0 Å². The van der Waals surface area contributed by atoms with E-state index in [0.29, 0.717) is 5.56 Å². The molecule has 0 aliphatic heterocycles. The zero-order valence-electron chi connectivity index (χ0n) is 11.0. The summed E-state index contributed by atoms with van der Waals surface area (Å²) in [6.45, 7) is 12.3. The van der Waals surface area contributed by atoms with Gasteiger partial charge in [0.05, 0.1) is 5.56 Å². The topological polar surface area (TPSA) is 42.2 Å². The normalized spacial score (nSPS) is 12.2. The molecule has 0 saturated carbocycles. The van der Waals surface area contributed by atoms with Crippen LogP contribution in [0.2, 0.25) is 0 Å². The van der Waals surface area contributed by atoms with Crippen LogP contribution in [0.5, 0.6) is 0 Å². The van der Waals surface area contributed by atoms with Crippen LogP contribution in [0.1, 0.15) is 62.4 Å². The molecule has 0 saturated heterocycles. The number of hydrogen-bond donors (Lipinski definition) is 1. The van der Waals surface area contributed by atoms with Gasteiger partial charge in [-0.15, -0.1) is 0 Å². The van der Waals surface area contributed by atoms with Crippen LogP contribution in [0, 0.1) is 6.92 Å². The number of hydrogen-bond acceptors (Lipinski definition) is 1. The molecule has 1 aromatic rings. The molecule has 0 spiro atoms. The van der Waals surface area contributed by atoms with E-state index in [-0.39, 0.29) is 11.5 Å². The minimum absolute atomic E-state index is 0.0390. The van der Waals surface area contributed by atoms with Gasteiger partial charge in [0.2, 0.25) is 0 Å². The van der Waals surface area contributed by atoms with Crippen molar-refractivity contribution < 1.29 is 9.90 Å². The second-order valence-electron chi connectivity index (χ2n) is 5.55. The van der Waals surface area contributed by atoms with Crippen molar-refractivity contribution in [1.29, 1.82) is 0 Å². The molecule has 0 aliphatic carbocycles. The Morgan fingerprint density at radius 3 is 2.12 bits per heavy atom. The highest BCUT2D eigenvalue weighted by Gasteiger charge is 2.25. The second kappa shape index (κ2) is 3.96. The molecule has 0 aromatic carbocycles. The lowest BCUT2D eigenvalue weighted by Crippen LogP contribution is -2.19. The number of aromatic carboxylic acids is 1. The Balaban J connectivity index is 3.50. The third-order valence-corrected chi connectivity index (χ3v) is 2.81. The monoisotopic (exact) mass is 223 g/mol. The fourth-order valence-corrected chi connectivity index (χ4v) is 2.08. The van der Waals surface area contributed by atoms with Gasteiger partial charge in [-0.1, -0.05) is 20.8 Å². The average Bonchev–Trinajstić information content (AvgIpc) is 2.41. The predicted octanol–water partition coefficient (Wildman–Crippen LogP) is 3.37. The molecule has 1 heterocycles. The highest BCUT2D eigenvalue weighted by atomic mass is 16.4. The number of nitrogens with zero attached hydrogens (tertiary/aromatic N) is 1. The first-order chi connectivity index (χ1) is 7.16. The van der Waals surface area contributed by atoms with E-state index in [2.05, 4.69) is 39.2 Å². The van der Waals surface area contributed by atoms with E-state index in [4.69, 9.17) is 5.11 Å². The number of aromatic nitrogens is 1. The van der Waals surface area contributed by atoms with Crippen molar-refractivity contribution in [1.82, 2.24) is 4.57 Å². The van der Waals surface area contributed by atoms with Crippen LogP contribution >= 0.6 is 0 Å². The lowest BCUT2D eigenvalue weighted by molar-refractivity contribution is 0.0696. The first-order valence-electron chi connectivity index (χ1n) is 5.62. The maximum absolute atomic E-state index is 11.1. The van der Waals surface area contributed by atoms with Gasteiger partial charge in [-0.2, -0.15) is 0 Å². The molecular weight excluding hydrogens is 202 g/mol. The van der Waals surface area contributed by atoms with E-state index in [1.165, 1.54) is 0 Å². The maximum atomic E-state index is 11.1. The molecule has 1 aromatic heterocycles. The predicted molar refractivity (Wildman–Crippen MR) is 65.2 cm³/mol. The van der Waals surface area contributed by atoms with Gasteiger partial charge in [0.1, 0.15) is 0 Å².